The molecule has 2 aliphatic rings. The minimum atomic E-state index is -0.625. The first-order chi connectivity index (χ1) is 19.5. The first-order valence-electron chi connectivity index (χ1n) is 13.2. The zero-order valence-electron chi connectivity index (χ0n) is 21.8. The van der Waals surface area contributed by atoms with Crippen LogP contribution >= 0.6 is 0 Å². The molecule has 2 aliphatic heterocycles. The van der Waals surface area contributed by atoms with Gasteiger partial charge < -0.3 is 19.4 Å². The molecular weight excluding hydrogens is 508 g/mol. The lowest BCUT2D eigenvalue weighted by Gasteiger charge is -2.44. The smallest absolute Gasteiger partial charge is 0.254 e. The number of hydrogen-bond acceptors (Lipinski definition) is 7. The predicted molar refractivity (Wildman–Crippen MR) is 147 cm³/mol. The summed E-state index contributed by atoms with van der Waals surface area (Å²) in [4.78, 5) is 31.9. The summed E-state index contributed by atoms with van der Waals surface area (Å²) in [5.41, 5.74) is 4.15. The topological polar surface area (TPSA) is 126 Å². The van der Waals surface area contributed by atoms with Gasteiger partial charge in [-0.1, -0.05) is 6.07 Å². The molecule has 1 saturated heterocycles. The molecule has 0 aliphatic carbocycles. The van der Waals surface area contributed by atoms with E-state index in [9.17, 15) is 9.59 Å². The summed E-state index contributed by atoms with van der Waals surface area (Å²) >= 11 is 0. The van der Waals surface area contributed by atoms with E-state index in [1.807, 2.05) is 47.5 Å². The predicted octanol–water partition coefficient (Wildman–Crippen LogP) is 4.66. The number of methoxy groups -OCH3 is 1. The zero-order chi connectivity index (χ0) is 27.3. The van der Waals surface area contributed by atoms with Crippen molar-refractivity contribution in [3.8, 4) is 34.0 Å². The van der Waals surface area contributed by atoms with Crippen LogP contribution in [-0.2, 0) is 0 Å². The second-order valence-corrected chi connectivity index (χ2v) is 10.4. The van der Waals surface area contributed by atoms with Crippen LogP contribution in [0.25, 0.3) is 33.4 Å². The Morgan fingerprint density at radius 1 is 1.00 bits per heavy atom. The quantitative estimate of drug-likeness (QED) is 0.343. The van der Waals surface area contributed by atoms with E-state index in [0.29, 0.717) is 59.9 Å². The van der Waals surface area contributed by atoms with Crippen LogP contribution in [-0.4, -0.2) is 68.0 Å². The van der Waals surface area contributed by atoms with Gasteiger partial charge in [-0.05, 0) is 76.3 Å². The number of tetrazole rings is 1. The highest BCUT2D eigenvalue weighted by Gasteiger charge is 2.44. The van der Waals surface area contributed by atoms with E-state index in [4.69, 9.17) is 9.47 Å². The molecule has 0 unspecified atom stereocenters. The number of ketones is 1. The number of H-pyrrole nitrogens is 2. The minimum absolute atomic E-state index is 0.0169. The minimum Gasteiger partial charge on any atom is -0.497 e. The number of amides is 1. The number of rotatable bonds is 4. The molecule has 1 spiro atoms. The van der Waals surface area contributed by atoms with Gasteiger partial charge in [0, 0.05) is 48.8 Å². The number of aromatic amines is 2. The van der Waals surface area contributed by atoms with Crippen LogP contribution in [0.15, 0.2) is 66.9 Å². The van der Waals surface area contributed by atoms with E-state index in [0.717, 1.165) is 22.0 Å². The molecule has 40 heavy (non-hydrogen) atoms. The van der Waals surface area contributed by atoms with Crippen molar-refractivity contribution in [1.82, 2.24) is 30.5 Å². The number of fused-ring (bicyclic) bond motifs is 2. The van der Waals surface area contributed by atoms with Gasteiger partial charge in [0.15, 0.2) is 5.78 Å². The SMILES string of the molecule is COc1cc(C(=O)N2CCC3(CC2)CC(=O)c2cc(-c4nn[nH]n4)ccc2O3)cc(-c2ccc3[nH]ccc3c2)c1. The summed E-state index contributed by atoms with van der Waals surface area (Å²) in [7, 11) is 1.60. The van der Waals surface area contributed by atoms with Crippen molar-refractivity contribution in [3.05, 3.63) is 78.0 Å². The molecule has 7 rings (SSSR count). The Morgan fingerprint density at radius 3 is 2.65 bits per heavy atom. The van der Waals surface area contributed by atoms with Crippen molar-refractivity contribution in [2.45, 2.75) is 24.9 Å². The Hall–Kier alpha value is -4.99. The molecule has 0 radical (unpaired) electrons. The second kappa shape index (κ2) is 9.33. The molecule has 2 N–H and O–H groups in total. The third kappa shape index (κ3) is 4.17. The number of carbonyl (C=O) groups excluding carboxylic acids is 2. The molecule has 1 amide bonds. The first kappa shape index (κ1) is 24.1. The van der Waals surface area contributed by atoms with Gasteiger partial charge in [0.1, 0.15) is 17.1 Å². The summed E-state index contributed by atoms with van der Waals surface area (Å²) < 4.78 is 12.0. The highest BCUT2D eigenvalue weighted by Crippen LogP contribution is 2.41. The fourth-order valence-corrected chi connectivity index (χ4v) is 5.74. The fourth-order valence-electron chi connectivity index (χ4n) is 5.74. The number of likely N-dealkylation sites (tertiary alicyclic amines) is 1. The average Bonchev–Trinajstić information content (AvgIpc) is 3.69. The highest BCUT2D eigenvalue weighted by molar-refractivity contribution is 6.01. The molecule has 4 heterocycles. The Morgan fingerprint density at radius 2 is 1.85 bits per heavy atom. The van der Waals surface area contributed by atoms with Gasteiger partial charge >= 0.3 is 0 Å². The molecule has 0 bridgehead atoms. The summed E-state index contributed by atoms with van der Waals surface area (Å²) in [5.74, 6) is 1.56. The van der Waals surface area contributed by atoms with E-state index in [1.54, 1.807) is 25.3 Å². The summed E-state index contributed by atoms with van der Waals surface area (Å²) in [5, 5.41) is 15.1. The molecule has 3 aromatic carbocycles. The van der Waals surface area contributed by atoms with Crippen molar-refractivity contribution in [1.29, 1.82) is 0 Å². The maximum absolute atomic E-state index is 13.6. The number of nitrogens with one attached hydrogen (secondary N) is 2. The third-order valence-corrected chi connectivity index (χ3v) is 7.93. The van der Waals surface area contributed by atoms with E-state index < -0.39 is 5.60 Å². The van der Waals surface area contributed by atoms with Crippen LogP contribution in [0.3, 0.4) is 0 Å². The number of carbonyl (C=O) groups is 2. The largest absolute Gasteiger partial charge is 0.497 e. The molecule has 10 heteroatoms. The first-order valence-corrected chi connectivity index (χ1v) is 13.2. The maximum Gasteiger partial charge on any atom is 0.254 e. The van der Waals surface area contributed by atoms with Gasteiger partial charge in [0.25, 0.3) is 5.91 Å². The lowest BCUT2D eigenvalue weighted by Crippen LogP contribution is -2.52. The van der Waals surface area contributed by atoms with E-state index >= 15 is 0 Å². The van der Waals surface area contributed by atoms with Crippen LogP contribution in [0.4, 0.5) is 0 Å². The van der Waals surface area contributed by atoms with E-state index in [-0.39, 0.29) is 18.1 Å². The lowest BCUT2D eigenvalue weighted by atomic mass is 9.82. The molecule has 2 aromatic heterocycles. The number of ether oxygens (including phenoxy) is 2. The second-order valence-electron chi connectivity index (χ2n) is 10.4. The van der Waals surface area contributed by atoms with Crippen LogP contribution in [0.2, 0.25) is 0 Å². The van der Waals surface area contributed by atoms with Gasteiger partial charge in [0.2, 0.25) is 5.82 Å². The average molecular weight is 535 g/mol. The van der Waals surface area contributed by atoms with Gasteiger partial charge in [-0.2, -0.15) is 5.21 Å². The van der Waals surface area contributed by atoms with Gasteiger partial charge in [-0.3, -0.25) is 9.59 Å². The normalized spacial score (nSPS) is 16.1. The van der Waals surface area contributed by atoms with Crippen molar-refractivity contribution < 1.29 is 19.1 Å². The fraction of sp³-hybridized carbons (Fsp3) is 0.233. The molecule has 5 aromatic rings. The van der Waals surface area contributed by atoms with Crippen molar-refractivity contribution in [3.63, 3.8) is 0 Å². The highest BCUT2D eigenvalue weighted by atomic mass is 16.5. The van der Waals surface area contributed by atoms with Crippen molar-refractivity contribution in [2.24, 2.45) is 0 Å². The Labute approximate surface area is 229 Å². The van der Waals surface area contributed by atoms with Gasteiger partial charge in [0.05, 0.1) is 19.1 Å². The van der Waals surface area contributed by atoms with Gasteiger partial charge in [-0.15, -0.1) is 10.2 Å². The standard InChI is InChI=1S/C30H26N6O4/c1-39-23-14-21(18-2-4-25-19(12-18)6-9-31-25)13-22(15-23)29(38)36-10-7-30(8-11-36)17-26(37)24-16-20(3-5-27(24)40-30)28-32-34-35-33-28/h2-6,9,12-16,31H,7-8,10-11,17H2,1H3,(H,32,33,34,35). The molecule has 0 saturated carbocycles. The van der Waals surface area contributed by atoms with E-state index in [1.165, 1.54) is 0 Å². The Bertz CT molecular complexity index is 1750. The summed E-state index contributed by atoms with van der Waals surface area (Å²) in [6, 6.07) is 19.2. The third-order valence-electron chi connectivity index (χ3n) is 7.93. The maximum atomic E-state index is 13.6. The zero-order valence-corrected chi connectivity index (χ0v) is 21.8. The summed E-state index contributed by atoms with van der Waals surface area (Å²) in [6.07, 6.45) is 3.31. The van der Waals surface area contributed by atoms with Crippen LogP contribution in [0, 0.1) is 0 Å². The van der Waals surface area contributed by atoms with Crippen molar-refractivity contribution in [2.75, 3.05) is 20.2 Å². The van der Waals surface area contributed by atoms with Crippen LogP contribution < -0.4 is 9.47 Å². The number of piperidine rings is 1. The molecular formula is C30H26N6O4. The number of aromatic nitrogens is 5. The number of Topliss-reactive ketones (excluding diaryl/α,β-unsaturated/α-hetero) is 1. The Kier molecular flexibility index (Phi) is 5.62. The number of nitrogens with zero attached hydrogens (tertiary/aromatic N) is 4. The Balaban J connectivity index is 1.09. The molecule has 200 valence electrons. The molecule has 0 atom stereocenters. The van der Waals surface area contributed by atoms with Crippen LogP contribution in [0.5, 0.6) is 11.5 Å². The monoisotopic (exact) mass is 534 g/mol. The van der Waals surface area contributed by atoms with E-state index in [2.05, 4.69) is 31.7 Å². The lowest BCUT2D eigenvalue weighted by molar-refractivity contribution is -0.00570. The number of benzene rings is 3. The van der Waals surface area contributed by atoms with Crippen LogP contribution in [0.1, 0.15) is 40.0 Å². The van der Waals surface area contributed by atoms with Crippen molar-refractivity contribution >= 4 is 22.6 Å². The number of hydrogen-bond donors (Lipinski definition) is 2. The van der Waals surface area contributed by atoms with Gasteiger partial charge in [-0.25, -0.2) is 0 Å². The molecule has 1 fully saturated rings. The molecule has 10 nitrogen and oxygen atoms in total. The summed E-state index contributed by atoms with van der Waals surface area (Å²) in [6.45, 7) is 0.981.